The molecule has 3 aromatic rings. The average molecular weight is 770 g/mol. The molecule has 0 aromatic heterocycles. The lowest BCUT2D eigenvalue weighted by Gasteiger charge is -2.22. The standard InChI is InChI=1S/C31H38N4O9.C5H9N3OS/c1-6-34(20(4)36)17-21-15-22(35(40)41)11-12-26(21)44-27-16-24(30(38)32-13-8-14-42-5)29(37)23-9-7-10-25(28(23)27)33-31(39)43-18-19(2)3;1-4(9)3-10-5-2-6-8-7-5/h7,9-12,15-16,19,37H,6,8,13-14,17-18H2,1-5H3,(H,32,38)(H,33,39);2,6-8H,3H2,1H3. The molecule has 18 heteroatoms. The summed E-state index contributed by atoms with van der Waals surface area (Å²) in [5.74, 6) is -0.113. The number of phenols is 1. The van der Waals surface area contributed by atoms with Gasteiger partial charge in [-0.3, -0.25) is 35.2 Å². The van der Waals surface area contributed by atoms with Crippen LogP contribution in [0.4, 0.5) is 16.2 Å². The number of hydrazine groups is 2. The van der Waals surface area contributed by atoms with Gasteiger partial charge in [-0.15, -0.1) is 0 Å². The van der Waals surface area contributed by atoms with Crippen LogP contribution in [0.1, 0.15) is 57.0 Å². The van der Waals surface area contributed by atoms with Crippen LogP contribution in [0.3, 0.4) is 0 Å². The Morgan fingerprint density at radius 1 is 1.09 bits per heavy atom. The second-order valence-corrected chi connectivity index (χ2v) is 13.3. The summed E-state index contributed by atoms with van der Waals surface area (Å²) in [6, 6.07) is 10.1. The number of non-ortho nitro benzene ring substituents is 1. The van der Waals surface area contributed by atoms with Crippen LogP contribution in [0.15, 0.2) is 53.7 Å². The second kappa shape index (κ2) is 21.2. The molecule has 0 aliphatic carbocycles. The number of nitro benzene ring substituents is 1. The molecule has 0 atom stereocenters. The first-order valence-corrected chi connectivity index (χ1v) is 18.0. The number of amides is 3. The van der Waals surface area contributed by atoms with Crippen molar-refractivity contribution in [2.24, 2.45) is 5.92 Å². The van der Waals surface area contributed by atoms with E-state index < -0.39 is 16.9 Å². The average Bonchev–Trinajstić information content (AvgIpc) is 3.66. The van der Waals surface area contributed by atoms with Gasteiger partial charge in [-0.2, -0.15) is 5.53 Å². The quantitative estimate of drug-likeness (QED) is 0.0582. The summed E-state index contributed by atoms with van der Waals surface area (Å²) >= 11 is 1.47. The Balaban J connectivity index is 0.000000676. The molecule has 54 heavy (non-hydrogen) atoms. The fraction of sp³-hybridized carbons (Fsp3) is 0.389. The number of Topliss-reactive ketones (excluding diaryl/α,β-unsaturated/α-hetero) is 1. The highest BCUT2D eigenvalue weighted by atomic mass is 32.2. The lowest BCUT2D eigenvalue weighted by atomic mass is 10.0. The number of nitrogens with zero attached hydrogens (tertiary/aromatic N) is 2. The number of thioether (sulfide) groups is 1. The molecule has 1 heterocycles. The van der Waals surface area contributed by atoms with Crippen LogP contribution in [0.25, 0.3) is 10.8 Å². The Hall–Kier alpha value is -5.59. The van der Waals surface area contributed by atoms with Crippen molar-refractivity contribution in [3.63, 3.8) is 0 Å². The molecule has 6 N–H and O–H groups in total. The molecule has 17 nitrogen and oxygen atoms in total. The molecule has 3 amide bonds. The largest absolute Gasteiger partial charge is 0.506 e. The van der Waals surface area contributed by atoms with Gasteiger partial charge in [-0.05, 0) is 44.4 Å². The lowest BCUT2D eigenvalue weighted by Crippen LogP contribution is -2.31. The van der Waals surface area contributed by atoms with Crippen molar-refractivity contribution in [1.29, 1.82) is 0 Å². The highest BCUT2D eigenvalue weighted by Gasteiger charge is 2.23. The van der Waals surface area contributed by atoms with E-state index in [4.69, 9.17) is 14.2 Å². The third kappa shape index (κ3) is 12.8. The Bertz CT molecular complexity index is 1850. The SMILES string of the molecule is CC(=O)CSC1=CNNN1.CCN(Cc1cc([N+](=O)[O-])ccc1Oc1cc(C(=O)NCCCOC)c(O)c2cccc(NC(=O)OCC(C)C)c12)C(C)=O. The van der Waals surface area contributed by atoms with Crippen molar-refractivity contribution in [3.05, 3.63) is 74.9 Å². The molecule has 0 saturated heterocycles. The summed E-state index contributed by atoms with van der Waals surface area (Å²) in [6.07, 6.45) is 1.59. The second-order valence-electron chi connectivity index (χ2n) is 12.3. The number of benzene rings is 3. The van der Waals surface area contributed by atoms with Crippen LogP contribution in [0, 0.1) is 16.0 Å². The van der Waals surface area contributed by atoms with E-state index in [1.54, 1.807) is 45.4 Å². The van der Waals surface area contributed by atoms with Crippen LogP contribution >= 0.6 is 11.8 Å². The van der Waals surface area contributed by atoms with Gasteiger partial charge in [0.15, 0.2) is 0 Å². The van der Waals surface area contributed by atoms with Gasteiger partial charge in [0, 0.05) is 69.6 Å². The monoisotopic (exact) mass is 769 g/mol. The Morgan fingerprint density at radius 2 is 1.85 bits per heavy atom. The van der Waals surface area contributed by atoms with Crippen LogP contribution in [-0.4, -0.2) is 77.8 Å². The topological polar surface area (TPSA) is 223 Å². The molecule has 0 unspecified atom stereocenters. The molecule has 0 radical (unpaired) electrons. The summed E-state index contributed by atoms with van der Waals surface area (Å²) in [6.45, 7) is 9.78. The highest BCUT2D eigenvalue weighted by Crippen LogP contribution is 2.43. The van der Waals surface area contributed by atoms with Crippen molar-refractivity contribution in [2.75, 3.05) is 44.5 Å². The number of fused-ring (bicyclic) bond motifs is 1. The number of hydrogen-bond donors (Lipinski definition) is 6. The van der Waals surface area contributed by atoms with Crippen molar-refractivity contribution in [3.8, 4) is 17.2 Å². The zero-order valence-corrected chi connectivity index (χ0v) is 31.9. The number of rotatable bonds is 17. The number of anilines is 1. The summed E-state index contributed by atoms with van der Waals surface area (Å²) < 4.78 is 16.6. The van der Waals surface area contributed by atoms with E-state index >= 15 is 0 Å². The predicted molar refractivity (Wildman–Crippen MR) is 205 cm³/mol. The maximum Gasteiger partial charge on any atom is 0.411 e. The number of hydrogen-bond acceptors (Lipinski definition) is 14. The molecule has 0 spiro atoms. The predicted octanol–water partition coefficient (Wildman–Crippen LogP) is 5.31. The molecule has 0 saturated carbocycles. The van der Waals surface area contributed by atoms with Crippen molar-refractivity contribution >= 4 is 57.6 Å². The van der Waals surface area contributed by atoms with E-state index in [-0.39, 0.29) is 82.3 Å². The first-order valence-electron chi connectivity index (χ1n) is 17.0. The Labute approximate surface area is 317 Å². The zero-order chi connectivity index (χ0) is 39.8. The number of carbonyl (C=O) groups excluding carboxylic acids is 4. The van der Waals surface area contributed by atoms with Gasteiger partial charge < -0.3 is 35.0 Å². The maximum atomic E-state index is 13.2. The van der Waals surface area contributed by atoms with Gasteiger partial charge in [0.2, 0.25) is 5.91 Å². The number of aromatic hydroxyl groups is 1. The van der Waals surface area contributed by atoms with Gasteiger partial charge >= 0.3 is 6.09 Å². The minimum Gasteiger partial charge on any atom is -0.506 e. The number of phenolic OH excluding ortho intramolecular Hbond substituents is 1. The van der Waals surface area contributed by atoms with Crippen molar-refractivity contribution in [1.82, 2.24) is 26.6 Å². The van der Waals surface area contributed by atoms with E-state index in [2.05, 4.69) is 27.0 Å². The first-order chi connectivity index (χ1) is 25.7. The van der Waals surface area contributed by atoms with Crippen LogP contribution in [0.5, 0.6) is 17.2 Å². The van der Waals surface area contributed by atoms with E-state index in [9.17, 15) is 34.4 Å². The number of nitrogens with one attached hydrogen (secondary N) is 5. The van der Waals surface area contributed by atoms with E-state index in [1.165, 1.54) is 47.9 Å². The number of nitro groups is 1. The third-order valence-corrected chi connectivity index (χ3v) is 8.57. The first kappa shape index (κ1) is 42.8. The molecule has 292 valence electrons. The lowest BCUT2D eigenvalue weighted by molar-refractivity contribution is -0.385. The molecule has 0 bridgehead atoms. The Morgan fingerprint density at radius 3 is 2.46 bits per heavy atom. The zero-order valence-electron chi connectivity index (χ0n) is 31.1. The van der Waals surface area contributed by atoms with Crippen LogP contribution < -0.4 is 31.8 Å². The van der Waals surface area contributed by atoms with Crippen LogP contribution in [0.2, 0.25) is 0 Å². The molecule has 3 aromatic carbocycles. The minimum absolute atomic E-state index is 0.0122. The Kier molecular flexibility index (Phi) is 16.8. The smallest absolute Gasteiger partial charge is 0.411 e. The molecule has 1 aliphatic rings. The molecule has 4 rings (SSSR count). The summed E-state index contributed by atoms with van der Waals surface area (Å²) in [7, 11) is 1.55. The van der Waals surface area contributed by atoms with E-state index in [0.29, 0.717) is 30.9 Å². The fourth-order valence-electron chi connectivity index (χ4n) is 4.86. The summed E-state index contributed by atoms with van der Waals surface area (Å²) in [4.78, 5) is 61.0. The van der Waals surface area contributed by atoms with E-state index in [0.717, 1.165) is 5.03 Å². The molecular weight excluding hydrogens is 723 g/mol. The highest BCUT2D eigenvalue weighted by molar-refractivity contribution is 8.03. The van der Waals surface area contributed by atoms with E-state index in [1.807, 2.05) is 13.8 Å². The summed E-state index contributed by atoms with van der Waals surface area (Å²) in [5.41, 5.74) is 8.51. The number of ether oxygens (including phenoxy) is 3. The maximum absolute atomic E-state index is 13.2. The minimum atomic E-state index is -0.729. The number of ketones is 1. The van der Waals surface area contributed by atoms with Crippen molar-refractivity contribution < 1.29 is 43.4 Å². The van der Waals surface area contributed by atoms with Gasteiger partial charge in [-0.25, -0.2) is 4.79 Å². The van der Waals surface area contributed by atoms with Gasteiger partial charge in [0.1, 0.15) is 28.1 Å². The van der Waals surface area contributed by atoms with Gasteiger partial charge in [-0.1, -0.05) is 37.7 Å². The normalized spacial score (nSPS) is 11.7. The number of carbonyl (C=O) groups is 4. The third-order valence-electron chi connectivity index (χ3n) is 7.49. The molecule has 0 fully saturated rings. The molecule has 1 aliphatic heterocycles. The molecular formula is C36H47N7O10S. The van der Waals surface area contributed by atoms with Crippen LogP contribution in [-0.2, 0) is 25.6 Å². The number of methoxy groups -OCH3 is 1. The van der Waals surface area contributed by atoms with Gasteiger partial charge in [0.25, 0.3) is 11.6 Å². The van der Waals surface area contributed by atoms with Crippen molar-refractivity contribution in [2.45, 2.75) is 47.6 Å². The van der Waals surface area contributed by atoms with Gasteiger partial charge in [0.05, 0.1) is 33.9 Å². The fourth-order valence-corrected chi connectivity index (χ4v) is 5.48. The summed E-state index contributed by atoms with van der Waals surface area (Å²) in [5, 5.41) is 29.6.